The van der Waals surface area contributed by atoms with Crippen LogP contribution in [0.25, 0.3) is 22.3 Å². The van der Waals surface area contributed by atoms with Crippen LogP contribution in [0.3, 0.4) is 0 Å². The van der Waals surface area contributed by atoms with Crippen molar-refractivity contribution in [3.8, 4) is 51.0 Å². The largest absolute Gasteiger partial charge is 0.497 e. The Morgan fingerprint density at radius 2 is 1.20 bits per heavy atom. The van der Waals surface area contributed by atoms with Crippen molar-refractivity contribution in [2.75, 3.05) is 28.4 Å². The van der Waals surface area contributed by atoms with E-state index >= 15 is 0 Å². The average molecular weight is 408 g/mol. The molecule has 0 fully saturated rings. The first-order valence-electron chi connectivity index (χ1n) is 9.28. The van der Waals surface area contributed by atoms with Crippen molar-refractivity contribution in [2.45, 2.75) is 6.92 Å². The molecule has 0 aromatic heterocycles. The molecule has 6 nitrogen and oxygen atoms in total. The van der Waals surface area contributed by atoms with E-state index in [2.05, 4.69) is 0 Å². The van der Waals surface area contributed by atoms with E-state index in [0.29, 0.717) is 28.6 Å². The molecule has 0 N–H and O–H groups in total. The molecule has 0 spiro atoms. The highest BCUT2D eigenvalue weighted by atomic mass is 16.6. The summed E-state index contributed by atoms with van der Waals surface area (Å²) in [5, 5.41) is 0. The van der Waals surface area contributed by atoms with Crippen LogP contribution in [0.4, 0.5) is 0 Å². The van der Waals surface area contributed by atoms with E-state index in [9.17, 15) is 4.79 Å². The van der Waals surface area contributed by atoms with Gasteiger partial charge in [-0.15, -0.1) is 0 Å². The van der Waals surface area contributed by atoms with Crippen molar-refractivity contribution in [1.82, 2.24) is 0 Å². The number of hydrogen-bond donors (Lipinski definition) is 0. The minimum absolute atomic E-state index is 0.292. The molecule has 0 amide bonds. The van der Waals surface area contributed by atoms with Crippen LogP contribution in [0.2, 0.25) is 0 Å². The van der Waals surface area contributed by atoms with E-state index in [-0.39, 0.29) is 0 Å². The fraction of sp³-hybridized carbons (Fsp3) is 0.208. The van der Waals surface area contributed by atoms with Crippen molar-refractivity contribution < 1.29 is 28.5 Å². The van der Waals surface area contributed by atoms with Gasteiger partial charge in [0, 0.05) is 12.5 Å². The standard InChI is InChI=1S/C24H24O6/c1-15(25)30-24-22(17-8-12-19(27-3)13-9-17)21(28-4)14-20(23(24)29-5)16-6-10-18(26-2)11-7-16/h6-14H,1-5H3. The monoisotopic (exact) mass is 408 g/mol. The third-order valence-corrected chi connectivity index (χ3v) is 4.65. The maximum Gasteiger partial charge on any atom is 0.308 e. The van der Waals surface area contributed by atoms with Crippen LogP contribution in [0.1, 0.15) is 6.92 Å². The fourth-order valence-corrected chi connectivity index (χ4v) is 3.24. The molecule has 0 heterocycles. The Bertz CT molecular complexity index is 1020. The summed E-state index contributed by atoms with van der Waals surface area (Å²) in [6.45, 7) is 1.35. The number of esters is 1. The van der Waals surface area contributed by atoms with E-state index < -0.39 is 5.97 Å². The summed E-state index contributed by atoms with van der Waals surface area (Å²) in [5.74, 6) is 2.26. The molecule has 0 saturated carbocycles. The summed E-state index contributed by atoms with van der Waals surface area (Å²) >= 11 is 0. The molecule has 30 heavy (non-hydrogen) atoms. The van der Waals surface area contributed by atoms with Crippen LogP contribution in [0, 0.1) is 0 Å². The van der Waals surface area contributed by atoms with Gasteiger partial charge in [0.05, 0.1) is 34.0 Å². The molecule has 6 heteroatoms. The van der Waals surface area contributed by atoms with Gasteiger partial charge in [0.1, 0.15) is 17.2 Å². The van der Waals surface area contributed by atoms with Gasteiger partial charge in [0.2, 0.25) is 0 Å². The predicted molar refractivity (Wildman–Crippen MR) is 115 cm³/mol. The molecular weight excluding hydrogens is 384 g/mol. The van der Waals surface area contributed by atoms with Crippen LogP contribution in [0.15, 0.2) is 54.6 Å². The predicted octanol–water partition coefficient (Wildman–Crippen LogP) is 4.98. The number of methoxy groups -OCH3 is 4. The lowest BCUT2D eigenvalue weighted by molar-refractivity contribution is -0.131. The second kappa shape index (κ2) is 9.22. The molecule has 0 saturated heterocycles. The summed E-state index contributed by atoms with van der Waals surface area (Å²) in [6.07, 6.45) is 0. The third-order valence-electron chi connectivity index (χ3n) is 4.65. The molecule has 3 rings (SSSR count). The summed E-state index contributed by atoms with van der Waals surface area (Å²) in [4.78, 5) is 11.9. The number of benzene rings is 3. The molecule has 0 bridgehead atoms. The highest BCUT2D eigenvalue weighted by molar-refractivity contribution is 5.90. The maximum absolute atomic E-state index is 11.9. The van der Waals surface area contributed by atoms with Gasteiger partial charge < -0.3 is 23.7 Å². The summed E-state index contributed by atoms with van der Waals surface area (Å²) in [7, 11) is 6.33. The lowest BCUT2D eigenvalue weighted by atomic mass is 9.96. The van der Waals surface area contributed by atoms with Crippen molar-refractivity contribution >= 4 is 5.97 Å². The molecule has 0 unspecified atom stereocenters. The molecule has 0 aliphatic carbocycles. The third kappa shape index (κ3) is 4.17. The first-order valence-corrected chi connectivity index (χ1v) is 9.28. The lowest BCUT2D eigenvalue weighted by Gasteiger charge is -2.20. The summed E-state index contributed by atoms with van der Waals surface area (Å²) < 4.78 is 27.5. The Morgan fingerprint density at radius 3 is 1.63 bits per heavy atom. The van der Waals surface area contributed by atoms with Gasteiger partial charge in [-0.1, -0.05) is 24.3 Å². The highest BCUT2D eigenvalue weighted by Crippen LogP contribution is 2.50. The van der Waals surface area contributed by atoms with Gasteiger partial charge in [-0.2, -0.15) is 0 Å². The Labute approximate surface area is 175 Å². The Kier molecular flexibility index (Phi) is 6.47. The Hall–Kier alpha value is -3.67. The molecule has 3 aromatic carbocycles. The lowest BCUT2D eigenvalue weighted by Crippen LogP contribution is -2.06. The molecule has 0 atom stereocenters. The number of rotatable bonds is 7. The summed E-state index contributed by atoms with van der Waals surface area (Å²) in [5.41, 5.74) is 3.00. The van der Waals surface area contributed by atoms with Crippen LogP contribution in [0.5, 0.6) is 28.7 Å². The second-order valence-electron chi connectivity index (χ2n) is 6.41. The van der Waals surface area contributed by atoms with Gasteiger partial charge in [-0.25, -0.2) is 0 Å². The van der Waals surface area contributed by atoms with E-state index in [4.69, 9.17) is 23.7 Å². The molecule has 0 radical (unpaired) electrons. The number of carbonyl (C=O) groups is 1. The van der Waals surface area contributed by atoms with Crippen LogP contribution >= 0.6 is 0 Å². The van der Waals surface area contributed by atoms with E-state index in [0.717, 1.165) is 22.4 Å². The minimum atomic E-state index is -0.461. The number of carbonyl (C=O) groups excluding carboxylic acids is 1. The zero-order valence-corrected chi connectivity index (χ0v) is 17.6. The van der Waals surface area contributed by atoms with Gasteiger partial charge in [0.15, 0.2) is 11.5 Å². The van der Waals surface area contributed by atoms with Crippen molar-refractivity contribution in [3.63, 3.8) is 0 Å². The molecule has 3 aromatic rings. The van der Waals surface area contributed by atoms with E-state index in [1.165, 1.54) is 6.92 Å². The highest BCUT2D eigenvalue weighted by Gasteiger charge is 2.24. The fourth-order valence-electron chi connectivity index (χ4n) is 3.24. The molecule has 0 aliphatic heterocycles. The van der Waals surface area contributed by atoms with E-state index in [1.54, 1.807) is 28.4 Å². The van der Waals surface area contributed by atoms with E-state index in [1.807, 2.05) is 54.6 Å². The van der Waals surface area contributed by atoms with Gasteiger partial charge in [0.25, 0.3) is 0 Å². The first kappa shape index (κ1) is 21.0. The smallest absolute Gasteiger partial charge is 0.308 e. The topological polar surface area (TPSA) is 63.2 Å². The quantitative estimate of drug-likeness (QED) is 0.406. The minimum Gasteiger partial charge on any atom is -0.497 e. The van der Waals surface area contributed by atoms with Gasteiger partial charge >= 0.3 is 5.97 Å². The Morgan fingerprint density at radius 1 is 0.667 bits per heavy atom. The Balaban J connectivity index is 2.29. The van der Waals surface area contributed by atoms with Crippen molar-refractivity contribution in [3.05, 3.63) is 54.6 Å². The SMILES string of the molecule is COc1ccc(-c2cc(OC)c(-c3ccc(OC)cc3)c(OC(C)=O)c2OC)cc1. The maximum atomic E-state index is 11.9. The number of hydrogen-bond acceptors (Lipinski definition) is 6. The molecule has 0 aliphatic rings. The van der Waals surface area contributed by atoms with Crippen LogP contribution in [-0.4, -0.2) is 34.4 Å². The molecule has 156 valence electrons. The van der Waals surface area contributed by atoms with Crippen LogP contribution in [-0.2, 0) is 4.79 Å². The van der Waals surface area contributed by atoms with Crippen molar-refractivity contribution in [2.24, 2.45) is 0 Å². The molecular formula is C24H24O6. The second-order valence-corrected chi connectivity index (χ2v) is 6.41. The average Bonchev–Trinajstić information content (AvgIpc) is 2.78. The zero-order chi connectivity index (χ0) is 21.7. The first-order chi connectivity index (χ1) is 14.5. The van der Waals surface area contributed by atoms with Gasteiger partial charge in [-0.3, -0.25) is 4.79 Å². The van der Waals surface area contributed by atoms with Crippen LogP contribution < -0.4 is 23.7 Å². The normalized spacial score (nSPS) is 10.3. The summed E-state index contributed by atoms with van der Waals surface area (Å²) in [6, 6.07) is 16.8. The van der Waals surface area contributed by atoms with Crippen molar-refractivity contribution in [1.29, 1.82) is 0 Å². The number of ether oxygens (including phenoxy) is 5. The zero-order valence-electron chi connectivity index (χ0n) is 17.6. The van der Waals surface area contributed by atoms with Gasteiger partial charge in [-0.05, 0) is 41.5 Å².